The minimum absolute atomic E-state index is 0.184. The number of aromatic nitrogens is 3. The number of likely N-dealkylation sites (tertiary alicyclic amines) is 1. The van der Waals surface area contributed by atoms with Gasteiger partial charge in [-0.1, -0.05) is 6.42 Å². The van der Waals surface area contributed by atoms with E-state index in [9.17, 15) is 4.79 Å². The van der Waals surface area contributed by atoms with Crippen molar-refractivity contribution in [1.29, 1.82) is 0 Å². The van der Waals surface area contributed by atoms with Gasteiger partial charge in [-0.25, -0.2) is 4.98 Å². The van der Waals surface area contributed by atoms with Crippen molar-refractivity contribution in [1.82, 2.24) is 25.4 Å². The number of carbonyl (C=O) groups excluding carboxylic acids is 1. The summed E-state index contributed by atoms with van der Waals surface area (Å²) in [5.74, 6) is 0.0925. The van der Waals surface area contributed by atoms with Gasteiger partial charge in [-0.05, 0) is 26.4 Å². The maximum absolute atomic E-state index is 11.6. The normalized spacial score (nSPS) is 21.9. The first kappa shape index (κ1) is 11.1. The van der Waals surface area contributed by atoms with E-state index in [4.69, 9.17) is 0 Å². The Morgan fingerprint density at radius 2 is 2.56 bits per heavy atom. The van der Waals surface area contributed by atoms with Crippen molar-refractivity contribution in [2.75, 3.05) is 20.1 Å². The monoisotopic (exact) mass is 223 g/mol. The van der Waals surface area contributed by atoms with E-state index in [0.717, 1.165) is 13.0 Å². The molecule has 1 aliphatic heterocycles. The molecule has 0 aliphatic carbocycles. The van der Waals surface area contributed by atoms with Crippen LogP contribution >= 0.6 is 0 Å². The summed E-state index contributed by atoms with van der Waals surface area (Å²) in [6.07, 6.45) is 4.98. The van der Waals surface area contributed by atoms with Crippen LogP contribution in [0, 0.1) is 0 Å². The van der Waals surface area contributed by atoms with Gasteiger partial charge in [-0.2, -0.15) is 5.10 Å². The van der Waals surface area contributed by atoms with Crippen molar-refractivity contribution in [2.24, 2.45) is 0 Å². The third-order valence-corrected chi connectivity index (χ3v) is 3.05. The van der Waals surface area contributed by atoms with Crippen LogP contribution in [-0.4, -0.2) is 52.2 Å². The summed E-state index contributed by atoms with van der Waals surface area (Å²) < 4.78 is 0. The van der Waals surface area contributed by atoms with Gasteiger partial charge in [0, 0.05) is 12.6 Å². The molecule has 0 spiro atoms. The Morgan fingerprint density at radius 1 is 1.69 bits per heavy atom. The fourth-order valence-electron chi connectivity index (χ4n) is 2.01. The van der Waals surface area contributed by atoms with E-state index < -0.39 is 0 Å². The molecule has 0 aromatic carbocycles. The Labute approximate surface area is 94.4 Å². The maximum atomic E-state index is 11.6. The third-order valence-electron chi connectivity index (χ3n) is 3.05. The molecule has 88 valence electrons. The van der Waals surface area contributed by atoms with E-state index in [1.165, 1.54) is 19.2 Å². The zero-order chi connectivity index (χ0) is 11.4. The molecule has 0 radical (unpaired) electrons. The number of piperidine rings is 1. The van der Waals surface area contributed by atoms with Gasteiger partial charge < -0.3 is 10.2 Å². The van der Waals surface area contributed by atoms with E-state index in [2.05, 4.69) is 32.4 Å². The number of H-pyrrole nitrogens is 1. The first-order chi connectivity index (χ1) is 7.77. The average molecular weight is 223 g/mol. The highest BCUT2D eigenvalue weighted by atomic mass is 16.2. The SMILES string of the molecule is CN1CCCCC1CNC(=O)c1ncn[nH]1. The van der Waals surface area contributed by atoms with E-state index in [1.54, 1.807) is 0 Å². The Bertz CT molecular complexity index is 337. The molecule has 2 N–H and O–H groups in total. The van der Waals surface area contributed by atoms with Gasteiger partial charge in [-0.3, -0.25) is 9.89 Å². The Balaban J connectivity index is 1.80. The number of hydrogen-bond acceptors (Lipinski definition) is 4. The number of likely N-dealkylation sites (N-methyl/N-ethyl adjacent to an activating group) is 1. The molecule has 1 aromatic heterocycles. The number of carbonyl (C=O) groups is 1. The molecule has 6 heteroatoms. The second-order valence-corrected chi connectivity index (χ2v) is 4.17. The number of amides is 1. The molecular weight excluding hydrogens is 206 g/mol. The second-order valence-electron chi connectivity index (χ2n) is 4.17. The zero-order valence-corrected chi connectivity index (χ0v) is 9.44. The van der Waals surface area contributed by atoms with E-state index in [0.29, 0.717) is 12.6 Å². The third kappa shape index (κ3) is 2.57. The summed E-state index contributed by atoms with van der Waals surface area (Å²) in [5, 5.41) is 9.07. The van der Waals surface area contributed by atoms with Gasteiger partial charge in [0.05, 0.1) is 0 Å². The lowest BCUT2D eigenvalue weighted by molar-refractivity contribution is 0.0918. The average Bonchev–Trinajstić information content (AvgIpc) is 2.81. The van der Waals surface area contributed by atoms with Crippen LogP contribution in [0.3, 0.4) is 0 Å². The molecule has 1 amide bonds. The highest BCUT2D eigenvalue weighted by Crippen LogP contribution is 2.13. The molecule has 1 atom stereocenters. The van der Waals surface area contributed by atoms with Gasteiger partial charge in [-0.15, -0.1) is 0 Å². The Morgan fingerprint density at radius 3 is 3.25 bits per heavy atom. The summed E-state index contributed by atoms with van der Waals surface area (Å²) in [5.41, 5.74) is 0. The quantitative estimate of drug-likeness (QED) is 0.757. The molecule has 0 bridgehead atoms. The minimum atomic E-state index is -0.184. The second kappa shape index (κ2) is 5.07. The van der Waals surface area contributed by atoms with Crippen molar-refractivity contribution >= 4 is 5.91 Å². The summed E-state index contributed by atoms with van der Waals surface area (Å²) in [4.78, 5) is 17.7. The standard InChI is InChI=1S/C10H17N5O/c1-15-5-3-2-4-8(15)6-11-10(16)9-12-7-13-14-9/h7-8H,2-6H2,1H3,(H,11,16)(H,12,13,14). The molecule has 2 rings (SSSR count). The van der Waals surface area contributed by atoms with Crippen LogP contribution in [0.4, 0.5) is 0 Å². The molecule has 1 fully saturated rings. The van der Waals surface area contributed by atoms with Crippen molar-refractivity contribution in [3.63, 3.8) is 0 Å². The van der Waals surface area contributed by atoms with Crippen LogP contribution in [0.15, 0.2) is 6.33 Å². The van der Waals surface area contributed by atoms with Crippen LogP contribution in [0.5, 0.6) is 0 Å². The molecule has 2 heterocycles. The summed E-state index contributed by atoms with van der Waals surface area (Å²) in [6.45, 7) is 1.79. The molecule has 1 aromatic rings. The lowest BCUT2D eigenvalue weighted by Gasteiger charge is -2.32. The van der Waals surface area contributed by atoms with Crippen LogP contribution in [0.1, 0.15) is 29.9 Å². The lowest BCUT2D eigenvalue weighted by atomic mass is 10.0. The Hall–Kier alpha value is -1.43. The maximum Gasteiger partial charge on any atom is 0.288 e. The van der Waals surface area contributed by atoms with Gasteiger partial charge in [0.15, 0.2) is 0 Å². The zero-order valence-electron chi connectivity index (χ0n) is 9.44. The van der Waals surface area contributed by atoms with Gasteiger partial charge in [0.1, 0.15) is 6.33 Å². The van der Waals surface area contributed by atoms with Crippen molar-refractivity contribution < 1.29 is 4.79 Å². The van der Waals surface area contributed by atoms with Crippen LogP contribution in [0.25, 0.3) is 0 Å². The van der Waals surface area contributed by atoms with Crippen LogP contribution in [0.2, 0.25) is 0 Å². The molecule has 0 saturated carbocycles. The van der Waals surface area contributed by atoms with Crippen molar-refractivity contribution in [3.8, 4) is 0 Å². The molecular formula is C10H17N5O. The predicted molar refractivity (Wildman–Crippen MR) is 59.0 cm³/mol. The molecule has 6 nitrogen and oxygen atoms in total. The summed E-state index contributed by atoms with van der Waals surface area (Å²) >= 11 is 0. The highest BCUT2D eigenvalue weighted by molar-refractivity contribution is 5.90. The number of hydrogen-bond donors (Lipinski definition) is 2. The number of aromatic amines is 1. The van der Waals surface area contributed by atoms with Crippen LogP contribution < -0.4 is 5.32 Å². The van der Waals surface area contributed by atoms with Crippen LogP contribution in [-0.2, 0) is 0 Å². The topological polar surface area (TPSA) is 73.9 Å². The molecule has 16 heavy (non-hydrogen) atoms. The largest absolute Gasteiger partial charge is 0.348 e. The first-order valence-corrected chi connectivity index (χ1v) is 5.61. The van der Waals surface area contributed by atoms with E-state index >= 15 is 0 Å². The first-order valence-electron chi connectivity index (χ1n) is 5.61. The Kier molecular flexibility index (Phi) is 3.51. The minimum Gasteiger partial charge on any atom is -0.348 e. The van der Waals surface area contributed by atoms with Gasteiger partial charge in [0.25, 0.3) is 5.91 Å². The fraction of sp³-hybridized carbons (Fsp3) is 0.700. The van der Waals surface area contributed by atoms with Crippen molar-refractivity contribution in [3.05, 3.63) is 12.2 Å². The smallest absolute Gasteiger partial charge is 0.288 e. The number of nitrogens with one attached hydrogen (secondary N) is 2. The number of rotatable bonds is 3. The highest BCUT2D eigenvalue weighted by Gasteiger charge is 2.19. The van der Waals surface area contributed by atoms with Crippen molar-refractivity contribution in [2.45, 2.75) is 25.3 Å². The summed E-state index contributed by atoms with van der Waals surface area (Å²) in [6, 6.07) is 0.445. The molecule has 1 unspecified atom stereocenters. The fourth-order valence-corrected chi connectivity index (χ4v) is 2.01. The lowest BCUT2D eigenvalue weighted by Crippen LogP contribution is -2.44. The predicted octanol–water partition coefficient (Wildman–Crippen LogP) is 0.0188. The molecule has 1 aliphatic rings. The van der Waals surface area contributed by atoms with E-state index in [1.807, 2.05) is 0 Å². The van der Waals surface area contributed by atoms with E-state index in [-0.39, 0.29) is 11.7 Å². The van der Waals surface area contributed by atoms with Gasteiger partial charge in [0.2, 0.25) is 5.82 Å². The summed E-state index contributed by atoms with van der Waals surface area (Å²) in [7, 11) is 2.10. The molecule has 1 saturated heterocycles. The van der Waals surface area contributed by atoms with Gasteiger partial charge >= 0.3 is 0 Å². The number of nitrogens with zero attached hydrogens (tertiary/aromatic N) is 3.